The molecule has 3 heterocycles. The van der Waals surface area contributed by atoms with Gasteiger partial charge in [-0.15, -0.1) is 0 Å². The van der Waals surface area contributed by atoms with Crippen molar-refractivity contribution in [2.75, 3.05) is 44.8 Å². The fourth-order valence-electron chi connectivity index (χ4n) is 2.98. The highest BCUT2D eigenvalue weighted by atomic mass is 16.5. The number of piperazine rings is 1. The van der Waals surface area contributed by atoms with E-state index < -0.39 is 0 Å². The van der Waals surface area contributed by atoms with Crippen molar-refractivity contribution < 1.29 is 4.74 Å². The van der Waals surface area contributed by atoms with Crippen LogP contribution in [0.3, 0.4) is 0 Å². The topological polar surface area (TPSA) is 46.4 Å². The molecule has 0 atom stereocenters. The summed E-state index contributed by atoms with van der Waals surface area (Å²) in [6, 6.07) is 4.26. The number of methoxy groups -OCH3 is 1. The predicted octanol–water partition coefficient (Wildman–Crippen LogP) is 1.56. The van der Waals surface area contributed by atoms with Crippen molar-refractivity contribution in [1.82, 2.24) is 19.4 Å². The van der Waals surface area contributed by atoms with Crippen LogP contribution in [0.2, 0.25) is 0 Å². The van der Waals surface area contributed by atoms with E-state index in [1.165, 1.54) is 5.69 Å². The van der Waals surface area contributed by atoms with Gasteiger partial charge in [0.1, 0.15) is 5.82 Å². The van der Waals surface area contributed by atoms with Crippen molar-refractivity contribution >= 4 is 5.69 Å². The summed E-state index contributed by atoms with van der Waals surface area (Å²) < 4.78 is 7.34. The molecule has 1 fully saturated rings. The van der Waals surface area contributed by atoms with E-state index in [0.717, 1.165) is 57.4 Å². The summed E-state index contributed by atoms with van der Waals surface area (Å²) in [4.78, 5) is 13.7. The fraction of sp³-hybridized carbons (Fsp3) is 0.529. The van der Waals surface area contributed by atoms with Gasteiger partial charge in [0.2, 0.25) is 0 Å². The SMILES string of the molecule is COCCn1ccnc1CN1CCN(c2ccnc(C)c2)CC1. The third-order valence-electron chi connectivity index (χ3n) is 4.32. The van der Waals surface area contributed by atoms with E-state index in [-0.39, 0.29) is 0 Å². The average molecular weight is 315 g/mol. The first-order chi connectivity index (χ1) is 11.3. The van der Waals surface area contributed by atoms with Gasteiger partial charge in [-0.25, -0.2) is 4.98 Å². The van der Waals surface area contributed by atoms with Gasteiger partial charge in [-0.3, -0.25) is 9.88 Å². The Kier molecular flexibility index (Phi) is 5.25. The lowest BCUT2D eigenvalue weighted by Gasteiger charge is -2.36. The monoisotopic (exact) mass is 315 g/mol. The third-order valence-corrected chi connectivity index (χ3v) is 4.32. The number of hydrogen-bond donors (Lipinski definition) is 0. The fourth-order valence-corrected chi connectivity index (χ4v) is 2.98. The summed E-state index contributed by atoms with van der Waals surface area (Å²) in [6.45, 7) is 8.72. The molecule has 2 aromatic heterocycles. The highest BCUT2D eigenvalue weighted by Gasteiger charge is 2.18. The minimum atomic E-state index is 0.721. The van der Waals surface area contributed by atoms with Gasteiger partial charge in [0, 0.05) is 69.8 Å². The normalized spacial score (nSPS) is 16.0. The van der Waals surface area contributed by atoms with Crippen LogP contribution in [0.25, 0.3) is 0 Å². The molecule has 0 spiro atoms. The number of ether oxygens (including phenoxy) is 1. The average Bonchev–Trinajstić information content (AvgIpc) is 3.01. The maximum absolute atomic E-state index is 5.16. The minimum Gasteiger partial charge on any atom is -0.383 e. The zero-order valence-electron chi connectivity index (χ0n) is 14.0. The highest BCUT2D eigenvalue weighted by molar-refractivity contribution is 5.46. The van der Waals surface area contributed by atoms with Crippen LogP contribution in [-0.2, 0) is 17.8 Å². The van der Waals surface area contributed by atoms with Gasteiger partial charge >= 0.3 is 0 Å². The highest BCUT2D eigenvalue weighted by Crippen LogP contribution is 2.17. The summed E-state index contributed by atoms with van der Waals surface area (Å²) in [5, 5.41) is 0. The Morgan fingerprint density at radius 1 is 1.13 bits per heavy atom. The molecule has 0 aromatic carbocycles. The number of nitrogens with zero attached hydrogens (tertiary/aromatic N) is 5. The lowest BCUT2D eigenvalue weighted by atomic mass is 10.2. The first-order valence-electron chi connectivity index (χ1n) is 8.15. The van der Waals surface area contributed by atoms with Crippen molar-refractivity contribution in [3.63, 3.8) is 0 Å². The van der Waals surface area contributed by atoms with Crippen molar-refractivity contribution in [2.45, 2.75) is 20.0 Å². The minimum absolute atomic E-state index is 0.721. The largest absolute Gasteiger partial charge is 0.383 e. The number of imidazole rings is 1. The Bertz CT molecular complexity index is 619. The maximum atomic E-state index is 5.16. The molecule has 0 amide bonds. The van der Waals surface area contributed by atoms with E-state index in [1.54, 1.807) is 7.11 Å². The van der Waals surface area contributed by atoms with Gasteiger partial charge in [-0.05, 0) is 19.1 Å². The lowest BCUT2D eigenvalue weighted by Crippen LogP contribution is -2.46. The zero-order valence-corrected chi connectivity index (χ0v) is 14.0. The number of aromatic nitrogens is 3. The molecule has 0 bridgehead atoms. The second-order valence-electron chi connectivity index (χ2n) is 5.95. The first kappa shape index (κ1) is 16.0. The quantitative estimate of drug-likeness (QED) is 0.809. The van der Waals surface area contributed by atoms with Gasteiger partial charge in [-0.1, -0.05) is 0 Å². The molecule has 0 N–H and O–H groups in total. The van der Waals surface area contributed by atoms with Gasteiger partial charge in [0.25, 0.3) is 0 Å². The summed E-state index contributed by atoms with van der Waals surface area (Å²) in [6.07, 6.45) is 5.80. The van der Waals surface area contributed by atoms with Crippen molar-refractivity contribution in [3.05, 3.63) is 42.2 Å². The number of anilines is 1. The van der Waals surface area contributed by atoms with Crippen molar-refractivity contribution in [2.24, 2.45) is 0 Å². The van der Waals surface area contributed by atoms with Crippen molar-refractivity contribution in [1.29, 1.82) is 0 Å². The molecule has 1 aliphatic rings. The van der Waals surface area contributed by atoms with Crippen LogP contribution in [0, 0.1) is 6.92 Å². The predicted molar refractivity (Wildman–Crippen MR) is 90.6 cm³/mol. The molecule has 2 aromatic rings. The standard InChI is InChI=1S/C17H25N5O/c1-15-13-16(3-4-18-15)21-9-7-20(8-10-21)14-17-19-5-6-22(17)11-12-23-2/h3-6,13H,7-12,14H2,1-2H3. The Morgan fingerprint density at radius 3 is 2.70 bits per heavy atom. The summed E-state index contributed by atoms with van der Waals surface area (Å²) in [5.74, 6) is 1.12. The van der Waals surface area contributed by atoms with Crippen LogP contribution in [0.4, 0.5) is 5.69 Å². The molecule has 0 unspecified atom stereocenters. The summed E-state index contributed by atoms with van der Waals surface area (Å²) >= 11 is 0. The van der Waals surface area contributed by atoms with Gasteiger partial charge in [-0.2, -0.15) is 0 Å². The molecule has 23 heavy (non-hydrogen) atoms. The third kappa shape index (κ3) is 4.09. The van der Waals surface area contributed by atoms with E-state index in [0.29, 0.717) is 0 Å². The molecule has 3 rings (SSSR count). The van der Waals surface area contributed by atoms with Crippen LogP contribution >= 0.6 is 0 Å². The Morgan fingerprint density at radius 2 is 1.96 bits per heavy atom. The molecular weight excluding hydrogens is 290 g/mol. The van der Waals surface area contributed by atoms with Gasteiger partial charge in [0.15, 0.2) is 0 Å². The van der Waals surface area contributed by atoms with E-state index in [4.69, 9.17) is 4.74 Å². The van der Waals surface area contributed by atoms with Crippen LogP contribution in [0.1, 0.15) is 11.5 Å². The molecule has 6 heteroatoms. The molecule has 6 nitrogen and oxygen atoms in total. The van der Waals surface area contributed by atoms with E-state index in [9.17, 15) is 0 Å². The number of rotatable bonds is 6. The first-order valence-corrected chi connectivity index (χ1v) is 8.15. The number of pyridine rings is 1. The zero-order chi connectivity index (χ0) is 16.1. The maximum Gasteiger partial charge on any atom is 0.122 e. The van der Waals surface area contributed by atoms with Crippen LogP contribution in [0.15, 0.2) is 30.7 Å². The van der Waals surface area contributed by atoms with E-state index in [2.05, 4.69) is 36.5 Å². The molecular formula is C17H25N5O. The Hall–Kier alpha value is -1.92. The molecule has 0 saturated carbocycles. The lowest BCUT2D eigenvalue weighted by molar-refractivity contribution is 0.183. The molecule has 0 aliphatic carbocycles. The second kappa shape index (κ2) is 7.57. The molecule has 0 radical (unpaired) electrons. The Labute approximate surface area is 137 Å². The van der Waals surface area contributed by atoms with E-state index in [1.807, 2.05) is 25.5 Å². The molecule has 1 aliphatic heterocycles. The van der Waals surface area contributed by atoms with E-state index >= 15 is 0 Å². The van der Waals surface area contributed by atoms with Crippen LogP contribution < -0.4 is 4.90 Å². The second-order valence-corrected chi connectivity index (χ2v) is 5.95. The smallest absolute Gasteiger partial charge is 0.122 e. The number of aryl methyl sites for hydroxylation is 1. The van der Waals surface area contributed by atoms with Gasteiger partial charge in [0.05, 0.1) is 13.2 Å². The summed E-state index contributed by atoms with van der Waals surface area (Å²) in [7, 11) is 1.73. The molecule has 124 valence electrons. The Balaban J connectivity index is 1.54. The number of hydrogen-bond acceptors (Lipinski definition) is 5. The molecule has 1 saturated heterocycles. The van der Waals surface area contributed by atoms with Crippen molar-refractivity contribution in [3.8, 4) is 0 Å². The van der Waals surface area contributed by atoms with Crippen LogP contribution in [0.5, 0.6) is 0 Å². The van der Waals surface area contributed by atoms with Gasteiger partial charge < -0.3 is 14.2 Å². The summed E-state index contributed by atoms with van der Waals surface area (Å²) in [5.41, 5.74) is 2.35. The van der Waals surface area contributed by atoms with Crippen LogP contribution in [-0.4, -0.2) is 59.3 Å².